The molecule has 146 valence electrons. The molecule has 2 N–H and O–H groups in total. The molecule has 1 atom stereocenters. The smallest absolute Gasteiger partial charge is 0.240 e. The molecule has 0 amide bonds. The van der Waals surface area contributed by atoms with Crippen LogP contribution in [0.4, 0.5) is 4.39 Å². The molecule has 1 heterocycles. The van der Waals surface area contributed by atoms with Crippen LogP contribution < -0.4 is 10.0 Å². The second kappa shape index (κ2) is 8.48. The summed E-state index contributed by atoms with van der Waals surface area (Å²) in [6.45, 7) is 3.41. The quantitative estimate of drug-likeness (QED) is 0.760. The maximum absolute atomic E-state index is 13.4. The predicted octanol–water partition coefficient (Wildman–Crippen LogP) is 3.00. The molecule has 0 bridgehead atoms. The third-order valence-corrected chi connectivity index (χ3v) is 6.38. The molecule has 1 fully saturated rings. The van der Waals surface area contributed by atoms with Crippen LogP contribution in [0.5, 0.6) is 0 Å². The van der Waals surface area contributed by atoms with E-state index in [-0.39, 0.29) is 17.5 Å². The highest BCUT2D eigenvalue weighted by atomic mass is 32.2. The molecule has 0 aromatic heterocycles. The van der Waals surface area contributed by atoms with Crippen molar-refractivity contribution in [1.82, 2.24) is 10.0 Å². The largest absolute Gasteiger partial charge is 0.381 e. The normalized spacial score (nSPS) is 18.1. The fraction of sp³-hybridized carbons (Fsp3) is 0.400. The Hall–Kier alpha value is -1.80. The van der Waals surface area contributed by atoms with E-state index in [1.165, 1.54) is 18.2 Å². The minimum absolute atomic E-state index is 0.0583. The van der Waals surface area contributed by atoms with Gasteiger partial charge in [0.2, 0.25) is 10.0 Å². The number of nitrogens with one attached hydrogen (secondary N) is 2. The van der Waals surface area contributed by atoms with Crippen LogP contribution in [0.3, 0.4) is 0 Å². The van der Waals surface area contributed by atoms with Crippen LogP contribution in [-0.2, 0) is 14.8 Å². The number of ether oxygens (including phenoxy) is 1. The summed E-state index contributed by atoms with van der Waals surface area (Å²) in [5.41, 5.74) is 0.713. The van der Waals surface area contributed by atoms with Gasteiger partial charge in [-0.3, -0.25) is 0 Å². The molecule has 5 nitrogen and oxygen atoms in total. The van der Waals surface area contributed by atoms with Crippen LogP contribution in [0.1, 0.15) is 31.4 Å². The van der Waals surface area contributed by atoms with Gasteiger partial charge >= 0.3 is 0 Å². The maximum Gasteiger partial charge on any atom is 0.240 e. The van der Waals surface area contributed by atoms with Crippen molar-refractivity contribution in [2.45, 2.75) is 36.2 Å². The van der Waals surface area contributed by atoms with Crippen molar-refractivity contribution in [3.8, 4) is 0 Å². The Labute approximate surface area is 160 Å². The number of sulfonamides is 1. The van der Waals surface area contributed by atoms with Crippen LogP contribution in [0.2, 0.25) is 0 Å². The van der Waals surface area contributed by atoms with Gasteiger partial charge in [0, 0.05) is 31.3 Å². The van der Waals surface area contributed by atoms with Crippen LogP contribution in [0.25, 0.3) is 0 Å². The highest BCUT2D eigenvalue weighted by Crippen LogP contribution is 2.25. The van der Waals surface area contributed by atoms with Gasteiger partial charge in [0.1, 0.15) is 5.82 Å². The molecule has 27 heavy (non-hydrogen) atoms. The van der Waals surface area contributed by atoms with Gasteiger partial charge < -0.3 is 10.1 Å². The second-order valence-electron chi connectivity index (χ2n) is 6.95. The topological polar surface area (TPSA) is 67.4 Å². The van der Waals surface area contributed by atoms with Gasteiger partial charge in [-0.05, 0) is 43.5 Å². The Balaban J connectivity index is 1.75. The standard InChI is InChI=1S/C20H25FN2O3S/c1-16(17-6-3-2-4-7-17)23-20(10-12-26-13-11-20)15-22-27(24,25)19-9-5-8-18(21)14-19/h2-9,14,16,22-23H,10-13,15H2,1H3. The van der Waals surface area contributed by atoms with Crippen LogP contribution in [0, 0.1) is 5.82 Å². The average Bonchev–Trinajstić information content (AvgIpc) is 2.68. The van der Waals surface area contributed by atoms with Gasteiger partial charge in [-0.25, -0.2) is 17.5 Å². The minimum atomic E-state index is -3.79. The van der Waals surface area contributed by atoms with Gasteiger partial charge in [-0.15, -0.1) is 0 Å². The molecule has 1 unspecified atom stereocenters. The molecular weight excluding hydrogens is 367 g/mol. The van der Waals surface area contributed by atoms with Crippen LogP contribution >= 0.6 is 0 Å². The Morgan fingerprint density at radius 2 is 1.81 bits per heavy atom. The van der Waals surface area contributed by atoms with E-state index in [9.17, 15) is 12.8 Å². The SMILES string of the molecule is CC(NC1(CNS(=O)(=O)c2cccc(F)c2)CCOCC1)c1ccccc1. The van der Waals surface area contributed by atoms with E-state index >= 15 is 0 Å². The molecule has 3 rings (SSSR count). The molecule has 2 aromatic rings. The van der Waals surface area contributed by atoms with Gasteiger partial charge in [-0.2, -0.15) is 0 Å². The lowest BCUT2D eigenvalue weighted by Gasteiger charge is -2.40. The van der Waals surface area contributed by atoms with Crippen molar-refractivity contribution in [2.75, 3.05) is 19.8 Å². The first-order valence-corrected chi connectivity index (χ1v) is 10.5. The van der Waals surface area contributed by atoms with E-state index in [0.717, 1.165) is 11.6 Å². The molecule has 0 aliphatic carbocycles. The van der Waals surface area contributed by atoms with Gasteiger partial charge in [-0.1, -0.05) is 36.4 Å². The van der Waals surface area contributed by atoms with Crippen molar-refractivity contribution in [2.24, 2.45) is 0 Å². The maximum atomic E-state index is 13.4. The van der Waals surface area contributed by atoms with Crippen LogP contribution in [-0.4, -0.2) is 33.7 Å². The number of benzene rings is 2. The fourth-order valence-corrected chi connectivity index (χ4v) is 4.53. The molecule has 2 aromatic carbocycles. The summed E-state index contributed by atoms with van der Waals surface area (Å²) >= 11 is 0. The number of halogens is 1. The highest BCUT2D eigenvalue weighted by Gasteiger charge is 2.35. The summed E-state index contributed by atoms with van der Waals surface area (Å²) in [7, 11) is -3.79. The summed E-state index contributed by atoms with van der Waals surface area (Å²) in [5.74, 6) is -0.575. The lowest BCUT2D eigenvalue weighted by atomic mass is 9.88. The van der Waals surface area contributed by atoms with Gasteiger partial charge in [0.05, 0.1) is 4.90 Å². The predicted molar refractivity (Wildman–Crippen MR) is 102 cm³/mol. The van der Waals surface area contributed by atoms with E-state index in [4.69, 9.17) is 4.74 Å². The van der Waals surface area contributed by atoms with Crippen molar-refractivity contribution >= 4 is 10.0 Å². The van der Waals surface area contributed by atoms with Crippen molar-refractivity contribution in [1.29, 1.82) is 0 Å². The summed E-state index contributed by atoms with van der Waals surface area (Å²) in [6, 6.07) is 15.1. The average molecular weight is 392 g/mol. The van der Waals surface area contributed by atoms with Gasteiger partial charge in [0.25, 0.3) is 0 Å². The first-order valence-electron chi connectivity index (χ1n) is 9.06. The molecule has 1 aliphatic rings. The molecule has 0 radical (unpaired) electrons. The third-order valence-electron chi connectivity index (χ3n) is 4.98. The Morgan fingerprint density at radius 3 is 2.48 bits per heavy atom. The lowest BCUT2D eigenvalue weighted by Crippen LogP contribution is -2.57. The fourth-order valence-electron chi connectivity index (χ4n) is 3.37. The first kappa shape index (κ1) is 19.9. The van der Waals surface area contributed by atoms with E-state index in [2.05, 4.69) is 17.0 Å². The molecule has 1 saturated heterocycles. The molecule has 7 heteroatoms. The van der Waals surface area contributed by atoms with E-state index in [0.29, 0.717) is 26.1 Å². The Bertz CT molecular complexity index is 853. The molecular formula is C20H25FN2O3S. The summed E-state index contributed by atoms with van der Waals surface area (Å²) < 4.78 is 46.7. The zero-order valence-corrected chi connectivity index (χ0v) is 16.1. The second-order valence-corrected chi connectivity index (χ2v) is 8.72. The third kappa shape index (κ3) is 5.13. The van der Waals surface area contributed by atoms with E-state index < -0.39 is 21.4 Å². The monoisotopic (exact) mass is 392 g/mol. The van der Waals surface area contributed by atoms with Crippen molar-refractivity contribution in [3.05, 3.63) is 66.0 Å². The number of hydrogen-bond acceptors (Lipinski definition) is 4. The minimum Gasteiger partial charge on any atom is -0.381 e. The number of hydrogen-bond donors (Lipinski definition) is 2. The lowest BCUT2D eigenvalue weighted by molar-refractivity contribution is 0.0358. The van der Waals surface area contributed by atoms with Gasteiger partial charge in [0.15, 0.2) is 0 Å². The van der Waals surface area contributed by atoms with Crippen molar-refractivity contribution < 1.29 is 17.5 Å². The molecule has 0 saturated carbocycles. The summed E-state index contributed by atoms with van der Waals surface area (Å²) in [4.78, 5) is -0.0687. The molecule has 0 spiro atoms. The Kier molecular flexibility index (Phi) is 6.26. The number of rotatable bonds is 7. The molecule has 1 aliphatic heterocycles. The Morgan fingerprint density at radius 1 is 1.11 bits per heavy atom. The highest BCUT2D eigenvalue weighted by molar-refractivity contribution is 7.89. The van der Waals surface area contributed by atoms with E-state index in [1.807, 2.05) is 30.3 Å². The summed E-state index contributed by atoms with van der Waals surface area (Å²) in [6.07, 6.45) is 1.38. The van der Waals surface area contributed by atoms with E-state index in [1.54, 1.807) is 0 Å². The summed E-state index contributed by atoms with van der Waals surface area (Å²) in [5, 5.41) is 3.60. The van der Waals surface area contributed by atoms with Crippen molar-refractivity contribution in [3.63, 3.8) is 0 Å². The zero-order chi connectivity index (χ0) is 19.3. The first-order chi connectivity index (χ1) is 12.9. The zero-order valence-electron chi connectivity index (χ0n) is 15.3. The van der Waals surface area contributed by atoms with Crippen LogP contribution in [0.15, 0.2) is 59.5 Å².